The zero-order chi connectivity index (χ0) is 15.0. The maximum Gasteiger partial charge on any atom is 0.407 e. The molecule has 20 heavy (non-hydrogen) atoms. The van der Waals surface area contributed by atoms with Crippen molar-refractivity contribution in [3.05, 3.63) is 35.9 Å². The number of nitrogens with one attached hydrogen (secondary N) is 1. The number of ether oxygens (including phenoxy) is 1. The van der Waals surface area contributed by atoms with E-state index in [4.69, 9.17) is 4.74 Å². The first-order valence-corrected chi connectivity index (χ1v) is 7.06. The highest BCUT2D eigenvalue weighted by atomic mass is 16.6. The van der Waals surface area contributed by atoms with E-state index < -0.39 is 5.60 Å². The lowest BCUT2D eigenvalue weighted by molar-refractivity contribution is 0.0526. The van der Waals surface area contributed by atoms with Crippen molar-refractivity contribution in [2.45, 2.75) is 39.3 Å². The molecule has 0 aliphatic heterocycles. The van der Waals surface area contributed by atoms with Crippen LogP contribution < -0.4 is 5.32 Å². The molecule has 112 valence electrons. The number of carbonyl (C=O) groups excluding carboxylic acids is 1. The quantitative estimate of drug-likeness (QED) is 0.813. The van der Waals surface area contributed by atoms with E-state index in [2.05, 4.69) is 29.4 Å². The van der Waals surface area contributed by atoms with Crippen LogP contribution in [0.5, 0.6) is 0 Å². The summed E-state index contributed by atoms with van der Waals surface area (Å²) in [5, 5.41) is 2.77. The molecule has 0 saturated carbocycles. The minimum absolute atomic E-state index is 0.344. The molecule has 0 atom stereocenters. The molecule has 0 unspecified atom stereocenters. The fraction of sp³-hybridized carbons (Fsp3) is 0.562. The van der Waals surface area contributed by atoms with Crippen LogP contribution in [0.2, 0.25) is 0 Å². The number of amides is 1. The molecule has 0 saturated heterocycles. The van der Waals surface area contributed by atoms with Gasteiger partial charge in [-0.2, -0.15) is 0 Å². The Hall–Kier alpha value is -1.55. The smallest absolute Gasteiger partial charge is 0.407 e. The molecule has 4 nitrogen and oxygen atoms in total. The third kappa shape index (κ3) is 7.79. The van der Waals surface area contributed by atoms with E-state index in [1.807, 2.05) is 39.0 Å². The number of alkyl carbamates (subject to hydrolysis) is 1. The van der Waals surface area contributed by atoms with Gasteiger partial charge in [0.2, 0.25) is 0 Å². The van der Waals surface area contributed by atoms with Gasteiger partial charge in [-0.05, 0) is 46.3 Å². The molecule has 0 aromatic heterocycles. The highest BCUT2D eigenvalue weighted by Gasteiger charge is 2.15. The Kier molecular flexibility index (Phi) is 6.52. The van der Waals surface area contributed by atoms with E-state index in [9.17, 15) is 4.79 Å². The van der Waals surface area contributed by atoms with Crippen LogP contribution in [0.3, 0.4) is 0 Å². The van der Waals surface area contributed by atoms with Crippen LogP contribution >= 0.6 is 0 Å². The van der Waals surface area contributed by atoms with Crippen LogP contribution in [-0.4, -0.2) is 36.7 Å². The van der Waals surface area contributed by atoms with Crippen molar-refractivity contribution in [1.29, 1.82) is 0 Å². The third-order valence-corrected chi connectivity index (χ3v) is 2.68. The van der Waals surface area contributed by atoms with E-state index in [-0.39, 0.29) is 6.09 Å². The van der Waals surface area contributed by atoms with Gasteiger partial charge in [-0.3, -0.25) is 0 Å². The number of nitrogens with zero attached hydrogens (tertiary/aromatic N) is 1. The second-order valence-corrected chi connectivity index (χ2v) is 6.01. The topological polar surface area (TPSA) is 41.6 Å². The van der Waals surface area contributed by atoms with E-state index in [0.717, 1.165) is 19.5 Å². The molecule has 1 amide bonds. The summed E-state index contributed by atoms with van der Waals surface area (Å²) in [6, 6.07) is 10.4. The number of hydrogen-bond donors (Lipinski definition) is 1. The van der Waals surface area contributed by atoms with Crippen molar-refractivity contribution < 1.29 is 9.53 Å². The molecular weight excluding hydrogens is 252 g/mol. The van der Waals surface area contributed by atoms with Gasteiger partial charge in [0, 0.05) is 13.1 Å². The van der Waals surface area contributed by atoms with E-state index in [1.54, 1.807) is 0 Å². The van der Waals surface area contributed by atoms with Gasteiger partial charge in [0.05, 0.1) is 0 Å². The van der Waals surface area contributed by atoms with Crippen LogP contribution in [0.25, 0.3) is 0 Å². The van der Waals surface area contributed by atoms with Crippen LogP contribution in [0, 0.1) is 0 Å². The fourth-order valence-corrected chi connectivity index (χ4v) is 1.83. The molecule has 0 bridgehead atoms. The molecule has 0 radical (unpaired) electrons. The summed E-state index contributed by atoms with van der Waals surface area (Å²) in [5.41, 5.74) is 0.865. The molecule has 4 heteroatoms. The van der Waals surface area contributed by atoms with Gasteiger partial charge < -0.3 is 15.0 Å². The highest BCUT2D eigenvalue weighted by Crippen LogP contribution is 2.06. The standard InChI is InChI=1S/C16H26N2O2/c1-16(2,3)20-15(19)17-11-8-12-18(4)13-14-9-6-5-7-10-14/h5-7,9-10H,8,11-13H2,1-4H3,(H,17,19). The Labute approximate surface area is 122 Å². The third-order valence-electron chi connectivity index (χ3n) is 2.68. The van der Waals surface area contributed by atoms with Gasteiger partial charge in [0.15, 0.2) is 0 Å². The van der Waals surface area contributed by atoms with Crippen molar-refractivity contribution >= 4 is 6.09 Å². The average molecular weight is 278 g/mol. The minimum atomic E-state index is -0.436. The lowest BCUT2D eigenvalue weighted by atomic mass is 10.2. The summed E-state index contributed by atoms with van der Waals surface area (Å²) in [5.74, 6) is 0. The number of rotatable bonds is 6. The lowest BCUT2D eigenvalue weighted by Crippen LogP contribution is -2.34. The second-order valence-electron chi connectivity index (χ2n) is 6.01. The average Bonchev–Trinajstić information content (AvgIpc) is 2.34. The maximum absolute atomic E-state index is 11.4. The maximum atomic E-state index is 11.4. The second kappa shape index (κ2) is 7.90. The first-order chi connectivity index (χ1) is 9.37. The summed E-state index contributed by atoms with van der Waals surface area (Å²) >= 11 is 0. The fourth-order valence-electron chi connectivity index (χ4n) is 1.83. The van der Waals surface area contributed by atoms with E-state index >= 15 is 0 Å². The number of benzene rings is 1. The minimum Gasteiger partial charge on any atom is -0.444 e. The summed E-state index contributed by atoms with van der Waals surface area (Å²) in [4.78, 5) is 13.7. The van der Waals surface area contributed by atoms with Gasteiger partial charge >= 0.3 is 6.09 Å². The monoisotopic (exact) mass is 278 g/mol. The molecule has 1 N–H and O–H groups in total. The summed E-state index contributed by atoms with van der Waals surface area (Å²) in [6.07, 6.45) is 0.561. The van der Waals surface area contributed by atoms with Crippen molar-refractivity contribution in [2.24, 2.45) is 0 Å². The predicted octanol–water partition coefficient (Wildman–Crippen LogP) is 3.03. The van der Waals surface area contributed by atoms with Crippen molar-refractivity contribution in [3.8, 4) is 0 Å². The zero-order valence-electron chi connectivity index (χ0n) is 13.0. The van der Waals surface area contributed by atoms with Crippen LogP contribution in [-0.2, 0) is 11.3 Å². The molecule has 1 aromatic carbocycles. The van der Waals surface area contributed by atoms with Gasteiger partial charge in [0.25, 0.3) is 0 Å². The predicted molar refractivity (Wildman–Crippen MR) is 81.6 cm³/mol. The first kappa shape index (κ1) is 16.5. The van der Waals surface area contributed by atoms with E-state index in [1.165, 1.54) is 5.56 Å². The van der Waals surface area contributed by atoms with Crippen LogP contribution in [0.15, 0.2) is 30.3 Å². The first-order valence-electron chi connectivity index (χ1n) is 7.06. The Morgan fingerprint density at radius 2 is 1.90 bits per heavy atom. The number of hydrogen-bond acceptors (Lipinski definition) is 3. The van der Waals surface area contributed by atoms with Gasteiger partial charge in [-0.25, -0.2) is 4.79 Å². The summed E-state index contributed by atoms with van der Waals surface area (Å²) in [6.45, 7) is 8.08. The van der Waals surface area contributed by atoms with Crippen LogP contribution in [0.4, 0.5) is 4.79 Å². The Morgan fingerprint density at radius 1 is 1.25 bits per heavy atom. The van der Waals surface area contributed by atoms with Crippen molar-refractivity contribution in [3.63, 3.8) is 0 Å². The highest BCUT2D eigenvalue weighted by molar-refractivity contribution is 5.67. The summed E-state index contributed by atoms with van der Waals surface area (Å²) in [7, 11) is 2.08. The zero-order valence-corrected chi connectivity index (χ0v) is 13.0. The van der Waals surface area contributed by atoms with E-state index in [0.29, 0.717) is 6.54 Å². The largest absolute Gasteiger partial charge is 0.444 e. The molecule has 0 heterocycles. The summed E-state index contributed by atoms with van der Waals surface area (Å²) < 4.78 is 5.18. The van der Waals surface area contributed by atoms with Crippen molar-refractivity contribution in [2.75, 3.05) is 20.1 Å². The molecule has 1 aromatic rings. The van der Waals surface area contributed by atoms with Crippen LogP contribution in [0.1, 0.15) is 32.8 Å². The number of carbonyl (C=O) groups is 1. The molecule has 0 aliphatic rings. The molecule has 0 spiro atoms. The normalized spacial score (nSPS) is 11.4. The van der Waals surface area contributed by atoms with Crippen molar-refractivity contribution in [1.82, 2.24) is 10.2 Å². The molecule has 0 fully saturated rings. The molecular formula is C16H26N2O2. The Bertz CT molecular complexity index is 399. The molecule has 1 rings (SSSR count). The Morgan fingerprint density at radius 3 is 2.50 bits per heavy atom. The van der Waals surface area contributed by atoms with Gasteiger partial charge in [-0.15, -0.1) is 0 Å². The lowest BCUT2D eigenvalue weighted by Gasteiger charge is -2.20. The Balaban J connectivity index is 2.13. The van der Waals surface area contributed by atoms with Gasteiger partial charge in [-0.1, -0.05) is 30.3 Å². The SMILES string of the molecule is CN(CCCNC(=O)OC(C)(C)C)Cc1ccccc1. The molecule has 0 aliphatic carbocycles. The van der Waals surface area contributed by atoms with Gasteiger partial charge in [0.1, 0.15) is 5.60 Å².